The van der Waals surface area contributed by atoms with Crippen LogP contribution in [0.4, 0.5) is 0 Å². The number of rotatable bonds is 8. The molecule has 1 rings (SSSR count). The van der Waals surface area contributed by atoms with Crippen molar-refractivity contribution in [3.05, 3.63) is 29.8 Å². The van der Waals surface area contributed by atoms with Gasteiger partial charge in [0.2, 0.25) is 0 Å². The van der Waals surface area contributed by atoms with E-state index in [0.717, 1.165) is 17.7 Å². The van der Waals surface area contributed by atoms with Gasteiger partial charge in [0.25, 0.3) is 0 Å². The monoisotopic (exact) mass is 252 g/mol. The molecule has 0 bridgehead atoms. The molecule has 4 nitrogen and oxygen atoms in total. The van der Waals surface area contributed by atoms with Crippen molar-refractivity contribution in [1.82, 2.24) is 0 Å². The summed E-state index contributed by atoms with van der Waals surface area (Å²) in [5.74, 6) is 1.44. The number of ether oxygens (including phenoxy) is 4. The van der Waals surface area contributed by atoms with E-state index in [1.807, 2.05) is 24.3 Å². The predicted octanol–water partition coefficient (Wildman–Crippen LogP) is 3.08. The highest BCUT2D eigenvalue weighted by molar-refractivity contribution is 5.59. The van der Waals surface area contributed by atoms with Crippen LogP contribution >= 0.6 is 0 Å². The van der Waals surface area contributed by atoms with Crippen LogP contribution in [-0.4, -0.2) is 27.8 Å². The van der Waals surface area contributed by atoms with E-state index in [1.165, 1.54) is 0 Å². The van der Waals surface area contributed by atoms with Crippen molar-refractivity contribution in [3.63, 3.8) is 0 Å². The van der Waals surface area contributed by atoms with E-state index >= 15 is 0 Å². The minimum atomic E-state index is 0.209. The molecule has 0 atom stereocenters. The van der Waals surface area contributed by atoms with Gasteiger partial charge in [0, 0.05) is 25.8 Å². The van der Waals surface area contributed by atoms with E-state index in [9.17, 15) is 0 Å². The van der Waals surface area contributed by atoms with Crippen LogP contribution in [0.5, 0.6) is 11.5 Å². The summed E-state index contributed by atoms with van der Waals surface area (Å²) in [7, 11) is 3.17. The van der Waals surface area contributed by atoms with Crippen molar-refractivity contribution in [2.45, 2.75) is 13.3 Å². The molecule has 0 aliphatic carbocycles. The first-order valence-electron chi connectivity index (χ1n) is 5.85. The average Bonchev–Trinajstić information content (AvgIpc) is 2.41. The fourth-order valence-electron chi connectivity index (χ4n) is 1.36. The maximum Gasteiger partial charge on any atom is 0.188 e. The van der Waals surface area contributed by atoms with Crippen LogP contribution in [0.1, 0.15) is 18.9 Å². The molecule has 0 saturated heterocycles. The SMILES string of the molecule is CCC=Cc1ccc(OCOC)cc1OCOC. The Hall–Kier alpha value is -1.52. The van der Waals surface area contributed by atoms with E-state index in [-0.39, 0.29) is 13.6 Å². The molecular weight excluding hydrogens is 232 g/mol. The zero-order valence-electron chi connectivity index (χ0n) is 11.1. The lowest BCUT2D eigenvalue weighted by Gasteiger charge is -2.11. The van der Waals surface area contributed by atoms with Crippen LogP contribution in [-0.2, 0) is 9.47 Å². The molecule has 0 amide bonds. The molecule has 0 N–H and O–H groups in total. The largest absolute Gasteiger partial charge is 0.467 e. The fourth-order valence-corrected chi connectivity index (χ4v) is 1.36. The second-order valence-electron chi connectivity index (χ2n) is 3.61. The number of allylic oxidation sites excluding steroid dienone is 1. The summed E-state index contributed by atoms with van der Waals surface area (Å²) < 4.78 is 20.7. The first kappa shape index (κ1) is 14.5. The summed E-state index contributed by atoms with van der Waals surface area (Å²) in [6.45, 7) is 2.51. The van der Waals surface area contributed by atoms with Crippen LogP contribution < -0.4 is 9.47 Å². The minimum absolute atomic E-state index is 0.209. The summed E-state index contributed by atoms with van der Waals surface area (Å²) >= 11 is 0. The Morgan fingerprint density at radius 2 is 1.78 bits per heavy atom. The van der Waals surface area contributed by atoms with Gasteiger partial charge >= 0.3 is 0 Å². The van der Waals surface area contributed by atoms with E-state index < -0.39 is 0 Å². The lowest BCUT2D eigenvalue weighted by molar-refractivity contribution is 0.0459. The Morgan fingerprint density at radius 1 is 1.06 bits per heavy atom. The van der Waals surface area contributed by atoms with Crippen LogP contribution in [0.2, 0.25) is 0 Å². The maximum absolute atomic E-state index is 5.51. The zero-order chi connectivity index (χ0) is 13.2. The van der Waals surface area contributed by atoms with Gasteiger partial charge in [0.15, 0.2) is 13.6 Å². The third-order valence-electron chi connectivity index (χ3n) is 2.19. The lowest BCUT2D eigenvalue weighted by Crippen LogP contribution is -2.02. The van der Waals surface area contributed by atoms with Gasteiger partial charge in [-0.25, -0.2) is 0 Å². The highest BCUT2D eigenvalue weighted by atomic mass is 16.7. The Balaban J connectivity index is 2.85. The van der Waals surface area contributed by atoms with Gasteiger partial charge in [-0.15, -0.1) is 0 Å². The molecule has 1 aromatic carbocycles. The third-order valence-corrected chi connectivity index (χ3v) is 2.19. The summed E-state index contributed by atoms with van der Waals surface area (Å²) in [5.41, 5.74) is 0.999. The fraction of sp³-hybridized carbons (Fsp3) is 0.429. The molecule has 0 saturated carbocycles. The van der Waals surface area contributed by atoms with Crippen LogP contribution in [0.25, 0.3) is 6.08 Å². The standard InChI is InChI=1S/C14H20O4/c1-4-5-6-12-7-8-13(17-10-15-2)9-14(12)18-11-16-3/h5-9H,4,10-11H2,1-3H3. The van der Waals surface area contributed by atoms with Crippen LogP contribution in [0.15, 0.2) is 24.3 Å². The van der Waals surface area contributed by atoms with Crippen molar-refractivity contribution >= 4 is 6.08 Å². The predicted molar refractivity (Wildman–Crippen MR) is 70.8 cm³/mol. The molecule has 0 aliphatic rings. The van der Waals surface area contributed by atoms with Gasteiger partial charge in [-0.2, -0.15) is 0 Å². The smallest absolute Gasteiger partial charge is 0.188 e. The van der Waals surface area contributed by atoms with E-state index in [1.54, 1.807) is 14.2 Å². The Kier molecular flexibility index (Phi) is 6.91. The Labute approximate surface area is 108 Å². The van der Waals surface area contributed by atoms with Gasteiger partial charge in [-0.1, -0.05) is 19.1 Å². The van der Waals surface area contributed by atoms with Gasteiger partial charge in [0.1, 0.15) is 11.5 Å². The summed E-state index contributed by atoms with van der Waals surface area (Å²) in [4.78, 5) is 0. The number of methoxy groups -OCH3 is 2. The topological polar surface area (TPSA) is 36.9 Å². The minimum Gasteiger partial charge on any atom is -0.467 e. The molecule has 1 aromatic rings. The highest BCUT2D eigenvalue weighted by Crippen LogP contribution is 2.26. The van der Waals surface area contributed by atoms with Gasteiger partial charge < -0.3 is 18.9 Å². The molecule has 18 heavy (non-hydrogen) atoms. The van der Waals surface area contributed by atoms with E-state index in [0.29, 0.717) is 5.75 Å². The second-order valence-corrected chi connectivity index (χ2v) is 3.61. The second kappa shape index (κ2) is 8.55. The molecular formula is C14H20O4. The summed E-state index contributed by atoms with van der Waals surface area (Å²) in [5, 5.41) is 0. The number of hydrogen-bond donors (Lipinski definition) is 0. The van der Waals surface area contributed by atoms with Crippen molar-refractivity contribution < 1.29 is 18.9 Å². The van der Waals surface area contributed by atoms with Crippen molar-refractivity contribution in [1.29, 1.82) is 0 Å². The Bertz CT molecular complexity index is 374. The zero-order valence-corrected chi connectivity index (χ0v) is 11.1. The average molecular weight is 252 g/mol. The number of benzene rings is 1. The van der Waals surface area contributed by atoms with Gasteiger partial charge in [-0.3, -0.25) is 0 Å². The van der Waals surface area contributed by atoms with E-state index in [2.05, 4.69) is 13.0 Å². The lowest BCUT2D eigenvalue weighted by atomic mass is 10.1. The number of hydrogen-bond acceptors (Lipinski definition) is 4. The quantitative estimate of drug-likeness (QED) is 0.666. The van der Waals surface area contributed by atoms with Gasteiger partial charge in [-0.05, 0) is 18.6 Å². The first-order valence-corrected chi connectivity index (χ1v) is 5.85. The maximum atomic E-state index is 5.51. The molecule has 0 radical (unpaired) electrons. The van der Waals surface area contributed by atoms with E-state index in [4.69, 9.17) is 18.9 Å². The third kappa shape index (κ3) is 4.77. The van der Waals surface area contributed by atoms with Crippen LogP contribution in [0.3, 0.4) is 0 Å². The first-order chi connectivity index (χ1) is 8.81. The molecule has 0 aromatic heterocycles. The van der Waals surface area contributed by atoms with Gasteiger partial charge in [0.05, 0.1) is 0 Å². The normalized spacial score (nSPS) is 10.8. The molecule has 100 valence electrons. The van der Waals surface area contributed by atoms with Crippen molar-refractivity contribution in [2.75, 3.05) is 27.8 Å². The molecule has 0 spiro atoms. The summed E-state index contributed by atoms with van der Waals surface area (Å²) in [6.07, 6.45) is 5.07. The van der Waals surface area contributed by atoms with Crippen molar-refractivity contribution in [2.24, 2.45) is 0 Å². The highest BCUT2D eigenvalue weighted by Gasteiger charge is 2.04. The van der Waals surface area contributed by atoms with Crippen LogP contribution in [0, 0.1) is 0 Å². The molecule has 4 heteroatoms. The molecule has 0 heterocycles. The molecule has 0 unspecified atom stereocenters. The summed E-state index contributed by atoms with van der Waals surface area (Å²) in [6, 6.07) is 5.66. The van der Waals surface area contributed by atoms with Crippen molar-refractivity contribution in [3.8, 4) is 11.5 Å². The molecule has 0 fully saturated rings. The Morgan fingerprint density at radius 3 is 2.44 bits per heavy atom. The molecule has 0 aliphatic heterocycles.